The number of hydrogen-bond donors (Lipinski definition) is 2. The number of benzene rings is 2. The topological polar surface area (TPSA) is 96.9 Å². The average molecular weight is 658 g/mol. The lowest BCUT2D eigenvalue weighted by Gasteiger charge is -2.32. The van der Waals surface area contributed by atoms with Crippen LogP contribution >= 0.6 is 11.3 Å². The largest absolute Gasteiger partial charge is 0.545 e. The third-order valence-electron chi connectivity index (χ3n) is 8.30. The Morgan fingerprint density at radius 3 is 2.35 bits per heavy atom. The van der Waals surface area contributed by atoms with Crippen molar-refractivity contribution in [3.63, 3.8) is 0 Å². The standard InChI is InChI=1S/C34H39F3N4O4S/c1-33(2,3)45-32(44)38-19-22-7-6-16-41(20-22)31(43)28-21-46-29(39-28)24-14-17-40(18-15-24)30(42)27-9-5-4-8-26(27)23-10-12-25(13-11-23)34(35,36)37/h4-5,8-13,21-22,24H,6-7,14-20H2,1-3H3,(H,38,44)/p+1. The summed E-state index contributed by atoms with van der Waals surface area (Å²) in [6, 6.07) is 11.9. The van der Waals surface area contributed by atoms with Crippen LogP contribution in [-0.2, 0) is 10.9 Å². The number of nitrogens with one attached hydrogen (secondary N) is 1. The minimum atomic E-state index is -4.43. The Morgan fingerprint density at radius 2 is 1.67 bits per heavy atom. The molecule has 0 radical (unpaired) electrons. The van der Waals surface area contributed by atoms with Gasteiger partial charge in [0.1, 0.15) is 11.3 Å². The smallest absolute Gasteiger partial charge is 0.430 e. The molecule has 2 aliphatic rings. The molecule has 2 amide bonds. The number of alkyl halides is 3. The summed E-state index contributed by atoms with van der Waals surface area (Å²) in [4.78, 5) is 38.2. The molecule has 3 aromatic rings. The van der Waals surface area contributed by atoms with E-state index in [0.29, 0.717) is 67.9 Å². The molecule has 8 nitrogen and oxygen atoms in total. The van der Waals surface area contributed by atoms with Gasteiger partial charge in [-0.3, -0.25) is 9.59 Å². The first-order valence-electron chi connectivity index (χ1n) is 15.6. The van der Waals surface area contributed by atoms with E-state index in [1.54, 1.807) is 29.2 Å². The predicted octanol–water partition coefficient (Wildman–Crippen LogP) is 5.51. The number of halogens is 3. The van der Waals surface area contributed by atoms with Crippen LogP contribution in [0.15, 0.2) is 53.9 Å². The molecule has 2 fully saturated rings. The van der Waals surface area contributed by atoms with Gasteiger partial charge in [-0.25, -0.2) is 4.98 Å². The lowest BCUT2D eigenvalue weighted by molar-refractivity contribution is -0.489. The van der Waals surface area contributed by atoms with Crippen molar-refractivity contribution in [1.82, 2.24) is 14.8 Å². The molecule has 2 aliphatic heterocycles. The highest BCUT2D eigenvalue weighted by Crippen LogP contribution is 2.34. The van der Waals surface area contributed by atoms with Crippen molar-refractivity contribution in [2.75, 3.05) is 32.7 Å². The first-order valence-corrected chi connectivity index (χ1v) is 16.5. The first kappa shape index (κ1) is 33.4. The fourth-order valence-corrected chi connectivity index (χ4v) is 6.93. The van der Waals surface area contributed by atoms with Gasteiger partial charge in [-0.1, -0.05) is 30.3 Å². The van der Waals surface area contributed by atoms with Gasteiger partial charge in [0, 0.05) is 49.0 Å². The molecule has 0 saturated carbocycles. The molecule has 1 atom stereocenters. The number of aliphatic hydroxyl groups excluding tert-OH is 1. The highest BCUT2D eigenvalue weighted by atomic mass is 32.1. The number of aliphatic hydroxyl groups is 1. The van der Waals surface area contributed by atoms with Gasteiger partial charge in [-0.05, 0) is 75.8 Å². The van der Waals surface area contributed by atoms with E-state index in [9.17, 15) is 27.9 Å². The van der Waals surface area contributed by atoms with Crippen molar-refractivity contribution in [3.8, 4) is 11.1 Å². The Morgan fingerprint density at radius 1 is 0.978 bits per heavy atom. The first-order chi connectivity index (χ1) is 21.8. The lowest BCUT2D eigenvalue weighted by Crippen LogP contribution is -2.76. The van der Waals surface area contributed by atoms with Crippen molar-refractivity contribution in [2.24, 2.45) is 5.92 Å². The van der Waals surface area contributed by atoms with Gasteiger partial charge in [0.05, 0.1) is 10.6 Å². The molecule has 2 aromatic carbocycles. The molecule has 0 aliphatic carbocycles. The molecular weight excluding hydrogens is 617 g/mol. The number of aromatic nitrogens is 1. The summed E-state index contributed by atoms with van der Waals surface area (Å²) in [6.45, 7) is 8.31. The van der Waals surface area contributed by atoms with Gasteiger partial charge in [-0.15, -0.1) is 11.3 Å². The van der Waals surface area contributed by atoms with Gasteiger partial charge >= 0.3 is 12.3 Å². The van der Waals surface area contributed by atoms with Crippen molar-refractivity contribution >= 4 is 29.2 Å². The Labute approximate surface area is 270 Å². The maximum Gasteiger partial charge on any atom is 0.545 e. The number of thiazole rings is 1. The molecule has 1 unspecified atom stereocenters. The Kier molecular flexibility index (Phi) is 10.0. The number of carbonyl (C=O) groups is 2. The van der Waals surface area contributed by atoms with Gasteiger partial charge in [0.25, 0.3) is 11.8 Å². The normalized spacial score (nSPS) is 18.5. The van der Waals surface area contributed by atoms with Crippen LogP contribution in [-0.4, -0.2) is 76.1 Å². The lowest BCUT2D eigenvalue weighted by atomic mass is 9.94. The number of ether oxygens (including phenoxy) is 1. The second kappa shape index (κ2) is 13.8. The van der Waals surface area contributed by atoms with Crippen molar-refractivity contribution in [2.45, 2.75) is 64.1 Å². The number of rotatable bonds is 6. The molecule has 0 bridgehead atoms. The zero-order valence-corrected chi connectivity index (χ0v) is 27.1. The fourth-order valence-electron chi connectivity index (χ4n) is 5.97. The molecule has 5 rings (SSSR count). The summed E-state index contributed by atoms with van der Waals surface area (Å²) in [6.07, 6.45) is -1.44. The van der Waals surface area contributed by atoms with Crippen LogP contribution in [0.2, 0.25) is 0 Å². The minimum absolute atomic E-state index is 0.0983. The molecular formula is C34H40F3N4O4S+. The van der Waals surface area contributed by atoms with Crippen LogP contribution in [0, 0.1) is 5.92 Å². The summed E-state index contributed by atoms with van der Waals surface area (Å²) in [5, 5.41) is 12.7. The number of piperidine rings is 2. The summed E-state index contributed by atoms with van der Waals surface area (Å²) in [5.74, 6) is 0.0426. The van der Waals surface area contributed by atoms with E-state index in [2.05, 4.69) is 4.99 Å². The average Bonchev–Trinajstić information content (AvgIpc) is 3.53. The molecule has 2 saturated heterocycles. The van der Waals surface area contributed by atoms with E-state index in [1.807, 2.05) is 31.1 Å². The summed E-state index contributed by atoms with van der Waals surface area (Å²) in [7, 11) is 0. The number of hydrogen-bond acceptors (Lipinski definition) is 5. The third-order valence-corrected chi connectivity index (χ3v) is 9.31. The SMILES string of the molecule is CC(C)(C)OC(O)=[NH+]CC1CCCN(C(=O)c2csc(C3CCN(C(=O)c4ccccc4-c4ccc(C(F)(F)F)cc4)CC3)n2)C1. The summed E-state index contributed by atoms with van der Waals surface area (Å²) < 4.78 is 44.6. The number of carbonyl (C=O) groups excluding carboxylic acids is 2. The van der Waals surface area contributed by atoms with Crippen LogP contribution in [0.1, 0.15) is 83.8 Å². The van der Waals surface area contributed by atoms with Crippen LogP contribution in [0.4, 0.5) is 13.2 Å². The molecule has 46 heavy (non-hydrogen) atoms. The van der Waals surface area contributed by atoms with E-state index in [1.165, 1.54) is 23.5 Å². The number of amides is 2. The highest BCUT2D eigenvalue weighted by Gasteiger charge is 2.32. The van der Waals surface area contributed by atoms with E-state index in [0.717, 1.165) is 30.0 Å². The van der Waals surface area contributed by atoms with E-state index >= 15 is 0 Å². The van der Waals surface area contributed by atoms with Crippen LogP contribution < -0.4 is 4.99 Å². The quantitative estimate of drug-likeness (QED) is 0.269. The van der Waals surface area contributed by atoms with Gasteiger partial charge in [0.15, 0.2) is 6.54 Å². The summed E-state index contributed by atoms with van der Waals surface area (Å²) >= 11 is 1.47. The van der Waals surface area contributed by atoms with Gasteiger partial charge < -0.3 is 19.6 Å². The van der Waals surface area contributed by atoms with Crippen LogP contribution in [0.5, 0.6) is 0 Å². The molecule has 3 heterocycles. The van der Waals surface area contributed by atoms with E-state index < -0.39 is 17.3 Å². The Bertz CT molecular complexity index is 1560. The van der Waals surface area contributed by atoms with Gasteiger partial charge in [0.2, 0.25) is 0 Å². The van der Waals surface area contributed by atoms with Crippen molar-refractivity contribution in [3.05, 3.63) is 75.7 Å². The zero-order valence-electron chi connectivity index (χ0n) is 26.3. The van der Waals surface area contributed by atoms with E-state index in [4.69, 9.17) is 9.72 Å². The second-order valence-corrected chi connectivity index (χ2v) is 13.8. The Balaban J connectivity index is 1.17. The predicted molar refractivity (Wildman–Crippen MR) is 170 cm³/mol. The maximum atomic E-state index is 13.6. The third kappa shape index (κ3) is 8.26. The second-order valence-electron chi connectivity index (χ2n) is 12.9. The zero-order chi connectivity index (χ0) is 33.1. The van der Waals surface area contributed by atoms with Crippen molar-refractivity contribution in [1.29, 1.82) is 0 Å². The minimum Gasteiger partial charge on any atom is -0.430 e. The molecule has 12 heteroatoms. The highest BCUT2D eigenvalue weighted by molar-refractivity contribution is 7.09. The summed E-state index contributed by atoms with van der Waals surface area (Å²) in [5.41, 5.74) is 0.786. The molecule has 246 valence electrons. The Hall–Kier alpha value is -3.93. The van der Waals surface area contributed by atoms with Crippen LogP contribution in [0.3, 0.4) is 0 Å². The fraction of sp³-hybridized carbons (Fsp3) is 0.471. The molecule has 1 aromatic heterocycles. The molecule has 0 spiro atoms. The van der Waals surface area contributed by atoms with Crippen molar-refractivity contribution < 1.29 is 37.6 Å². The maximum absolute atomic E-state index is 13.6. The molecule has 2 N–H and O–H groups in total. The monoisotopic (exact) mass is 657 g/mol. The van der Waals surface area contributed by atoms with Crippen LogP contribution in [0.25, 0.3) is 11.1 Å². The van der Waals surface area contributed by atoms with E-state index in [-0.39, 0.29) is 29.7 Å². The number of nitrogens with zero attached hydrogens (tertiary/aromatic N) is 3. The number of likely N-dealkylation sites (tertiary alicyclic amines) is 2. The van der Waals surface area contributed by atoms with Gasteiger partial charge in [-0.2, -0.15) is 18.2 Å².